The summed E-state index contributed by atoms with van der Waals surface area (Å²) in [6, 6.07) is 5.03. The molecule has 1 N–H and O–H groups in total. The zero-order valence-corrected chi connectivity index (χ0v) is 11.9. The molecule has 1 aromatic rings. The van der Waals surface area contributed by atoms with Crippen molar-refractivity contribution in [3.05, 3.63) is 29.3 Å². The second-order valence-electron chi connectivity index (χ2n) is 5.35. The molecule has 5 heteroatoms. The van der Waals surface area contributed by atoms with E-state index in [1.165, 1.54) is 6.07 Å². The number of rotatable bonds is 5. The fourth-order valence-electron chi connectivity index (χ4n) is 2.05. The van der Waals surface area contributed by atoms with Gasteiger partial charge in [0.05, 0.1) is 16.6 Å². The van der Waals surface area contributed by atoms with Crippen molar-refractivity contribution in [3.8, 4) is 0 Å². The zero-order valence-electron chi connectivity index (χ0n) is 11.1. The molecule has 104 valence electrons. The van der Waals surface area contributed by atoms with Gasteiger partial charge in [0.1, 0.15) is 0 Å². The molecule has 1 aliphatic carbocycles. The fraction of sp³-hybridized carbons (Fsp3) is 0.500. The van der Waals surface area contributed by atoms with Crippen LogP contribution in [0.1, 0.15) is 43.7 Å². The Kier molecular flexibility index (Phi) is 3.67. The third-order valence-electron chi connectivity index (χ3n) is 3.34. The van der Waals surface area contributed by atoms with E-state index in [1.54, 1.807) is 19.9 Å². The first-order valence-electron chi connectivity index (χ1n) is 6.40. The van der Waals surface area contributed by atoms with Gasteiger partial charge in [-0.2, -0.15) is 0 Å². The Morgan fingerprint density at radius 2 is 1.95 bits per heavy atom. The third-order valence-corrected chi connectivity index (χ3v) is 5.48. The Morgan fingerprint density at radius 3 is 2.42 bits per heavy atom. The molecule has 0 aliphatic heterocycles. The third kappa shape index (κ3) is 3.15. The van der Waals surface area contributed by atoms with Crippen molar-refractivity contribution in [1.82, 2.24) is 0 Å². The molecule has 0 amide bonds. The number of sulfone groups is 1. The highest BCUT2D eigenvalue weighted by Gasteiger charge is 2.27. The van der Waals surface area contributed by atoms with Crippen LogP contribution < -0.4 is 0 Å². The Hall–Kier alpha value is -1.36. The highest BCUT2D eigenvalue weighted by atomic mass is 32.2. The summed E-state index contributed by atoms with van der Waals surface area (Å²) < 4.78 is 24.4. The van der Waals surface area contributed by atoms with Gasteiger partial charge in [0, 0.05) is 0 Å². The first kappa shape index (κ1) is 14.1. The van der Waals surface area contributed by atoms with E-state index in [1.807, 2.05) is 6.07 Å². The summed E-state index contributed by atoms with van der Waals surface area (Å²) in [7, 11) is -3.36. The Balaban J connectivity index is 2.48. The van der Waals surface area contributed by atoms with E-state index in [2.05, 4.69) is 0 Å². The molecule has 1 fully saturated rings. The van der Waals surface area contributed by atoms with Crippen LogP contribution in [0.4, 0.5) is 0 Å². The maximum atomic E-state index is 12.2. The van der Waals surface area contributed by atoms with E-state index in [0.29, 0.717) is 11.5 Å². The van der Waals surface area contributed by atoms with E-state index in [9.17, 15) is 13.2 Å². The molecule has 1 aliphatic rings. The van der Waals surface area contributed by atoms with Crippen molar-refractivity contribution in [2.75, 3.05) is 0 Å². The molecule has 0 radical (unpaired) electrons. The molecule has 2 rings (SSSR count). The van der Waals surface area contributed by atoms with Gasteiger partial charge in [-0.15, -0.1) is 0 Å². The van der Waals surface area contributed by atoms with Crippen LogP contribution in [-0.2, 0) is 21.1 Å². The lowest BCUT2D eigenvalue weighted by molar-refractivity contribution is -0.136. The lowest BCUT2D eigenvalue weighted by atomic mass is 10.1. The number of aliphatic carboxylic acids is 1. The van der Waals surface area contributed by atoms with Crippen molar-refractivity contribution in [2.45, 2.75) is 49.2 Å². The normalized spacial score (nSPS) is 15.7. The summed E-state index contributed by atoms with van der Waals surface area (Å²) in [5.41, 5.74) is 1.52. The number of carbonyl (C=O) groups is 1. The van der Waals surface area contributed by atoms with Crippen LogP contribution in [0.15, 0.2) is 23.1 Å². The van der Waals surface area contributed by atoms with Crippen LogP contribution in [0.2, 0.25) is 0 Å². The maximum absolute atomic E-state index is 12.2. The summed E-state index contributed by atoms with van der Waals surface area (Å²) in [5.74, 6) is -0.546. The summed E-state index contributed by atoms with van der Waals surface area (Å²) in [6.45, 7) is 3.27. The van der Waals surface area contributed by atoms with Gasteiger partial charge in [-0.3, -0.25) is 4.79 Å². The predicted molar refractivity (Wildman–Crippen MR) is 72.1 cm³/mol. The molecule has 1 saturated carbocycles. The second-order valence-corrected chi connectivity index (χ2v) is 7.85. The SMILES string of the molecule is CC(C)S(=O)(=O)c1cc(CC(=O)O)cc(C2CC2)c1. The number of benzene rings is 1. The van der Waals surface area contributed by atoms with E-state index >= 15 is 0 Å². The van der Waals surface area contributed by atoms with Crippen LogP contribution in [0, 0.1) is 0 Å². The predicted octanol–water partition coefficient (Wildman–Crippen LogP) is 2.37. The van der Waals surface area contributed by atoms with Gasteiger partial charge in [-0.05, 0) is 55.9 Å². The van der Waals surface area contributed by atoms with Crippen LogP contribution in [0.5, 0.6) is 0 Å². The van der Waals surface area contributed by atoms with Crippen molar-refractivity contribution in [1.29, 1.82) is 0 Å². The first-order chi connectivity index (χ1) is 8.80. The van der Waals surface area contributed by atoms with E-state index in [-0.39, 0.29) is 11.3 Å². The molecule has 19 heavy (non-hydrogen) atoms. The van der Waals surface area contributed by atoms with Crippen molar-refractivity contribution < 1.29 is 18.3 Å². The molecule has 0 spiro atoms. The highest BCUT2D eigenvalue weighted by molar-refractivity contribution is 7.92. The van der Waals surface area contributed by atoms with Gasteiger partial charge in [-0.1, -0.05) is 6.07 Å². The van der Waals surface area contributed by atoms with Crippen LogP contribution in [0.25, 0.3) is 0 Å². The molecule has 4 nitrogen and oxygen atoms in total. The number of carboxylic acid groups (broad SMARTS) is 1. The van der Waals surface area contributed by atoms with Crippen LogP contribution >= 0.6 is 0 Å². The zero-order chi connectivity index (χ0) is 14.2. The second kappa shape index (κ2) is 4.96. The smallest absolute Gasteiger partial charge is 0.307 e. The van der Waals surface area contributed by atoms with Crippen LogP contribution in [-0.4, -0.2) is 24.7 Å². The van der Waals surface area contributed by atoms with Gasteiger partial charge < -0.3 is 5.11 Å². The molecular weight excluding hydrogens is 264 g/mol. The lowest BCUT2D eigenvalue weighted by Gasteiger charge is -2.11. The topological polar surface area (TPSA) is 71.4 Å². The van der Waals surface area contributed by atoms with Gasteiger partial charge in [0.25, 0.3) is 0 Å². The number of carboxylic acids is 1. The molecular formula is C14H18O4S. The molecule has 0 saturated heterocycles. The van der Waals surface area contributed by atoms with Crippen molar-refractivity contribution >= 4 is 15.8 Å². The van der Waals surface area contributed by atoms with Gasteiger partial charge >= 0.3 is 5.97 Å². The average molecular weight is 282 g/mol. The van der Waals surface area contributed by atoms with E-state index in [0.717, 1.165) is 18.4 Å². The molecule has 0 bridgehead atoms. The van der Waals surface area contributed by atoms with Crippen LogP contribution in [0.3, 0.4) is 0 Å². The summed E-state index contributed by atoms with van der Waals surface area (Å²) in [5, 5.41) is 8.37. The first-order valence-corrected chi connectivity index (χ1v) is 7.95. The highest BCUT2D eigenvalue weighted by Crippen LogP contribution is 2.41. The Labute approximate surface area is 113 Å². The summed E-state index contributed by atoms with van der Waals surface area (Å²) >= 11 is 0. The maximum Gasteiger partial charge on any atom is 0.307 e. The summed E-state index contributed by atoms with van der Waals surface area (Å²) in [6.07, 6.45) is 1.97. The van der Waals surface area contributed by atoms with E-state index in [4.69, 9.17) is 5.11 Å². The number of hydrogen-bond acceptors (Lipinski definition) is 3. The van der Waals surface area contributed by atoms with E-state index < -0.39 is 21.1 Å². The van der Waals surface area contributed by atoms with Crippen molar-refractivity contribution in [3.63, 3.8) is 0 Å². The minimum Gasteiger partial charge on any atom is -0.481 e. The monoisotopic (exact) mass is 282 g/mol. The molecule has 0 unspecified atom stereocenters. The summed E-state index contributed by atoms with van der Waals surface area (Å²) in [4.78, 5) is 11.1. The van der Waals surface area contributed by atoms with Gasteiger partial charge in [0.2, 0.25) is 0 Å². The molecule has 0 atom stereocenters. The lowest BCUT2D eigenvalue weighted by Crippen LogP contribution is -2.15. The van der Waals surface area contributed by atoms with Gasteiger partial charge in [-0.25, -0.2) is 8.42 Å². The number of hydrogen-bond donors (Lipinski definition) is 1. The minimum absolute atomic E-state index is 0.138. The standard InChI is InChI=1S/C14H18O4S/c1-9(2)19(17,18)13-6-10(7-14(15)16)5-12(8-13)11-3-4-11/h5-6,8-9,11H,3-4,7H2,1-2H3,(H,15,16). The Morgan fingerprint density at radius 1 is 1.32 bits per heavy atom. The average Bonchev–Trinajstić information content (AvgIpc) is 3.11. The Bertz CT molecular complexity index is 598. The quantitative estimate of drug-likeness (QED) is 0.900. The fourth-order valence-corrected chi connectivity index (χ4v) is 3.21. The molecule has 0 aromatic heterocycles. The largest absolute Gasteiger partial charge is 0.481 e. The van der Waals surface area contributed by atoms with Gasteiger partial charge in [0.15, 0.2) is 9.84 Å². The molecule has 1 aromatic carbocycles. The minimum atomic E-state index is -3.36. The van der Waals surface area contributed by atoms with Crippen molar-refractivity contribution in [2.24, 2.45) is 0 Å². The molecule has 0 heterocycles.